The molecule has 0 radical (unpaired) electrons. The third-order valence-electron chi connectivity index (χ3n) is 3.43. The second-order valence-corrected chi connectivity index (χ2v) is 8.01. The SMILES string of the molecule is COC(=O)C1CN(C(=O)OC(C)(C)C)C[C@H]1c1ccc(Cl)s1. The van der Waals surface area contributed by atoms with Crippen LogP contribution in [0.2, 0.25) is 4.34 Å². The summed E-state index contributed by atoms with van der Waals surface area (Å²) in [5.74, 6) is -0.828. The highest BCUT2D eigenvalue weighted by atomic mass is 35.5. The Morgan fingerprint density at radius 3 is 2.50 bits per heavy atom. The zero-order valence-corrected chi connectivity index (χ0v) is 14.7. The predicted molar refractivity (Wildman–Crippen MR) is 85.4 cm³/mol. The zero-order chi connectivity index (χ0) is 16.5. The van der Waals surface area contributed by atoms with Gasteiger partial charge in [-0.2, -0.15) is 0 Å². The van der Waals surface area contributed by atoms with Crippen molar-refractivity contribution < 1.29 is 19.1 Å². The van der Waals surface area contributed by atoms with Crippen LogP contribution in [0.4, 0.5) is 4.79 Å². The highest BCUT2D eigenvalue weighted by molar-refractivity contribution is 7.16. The van der Waals surface area contributed by atoms with Gasteiger partial charge in [-0.25, -0.2) is 4.79 Å². The van der Waals surface area contributed by atoms with Crippen LogP contribution >= 0.6 is 22.9 Å². The van der Waals surface area contributed by atoms with Gasteiger partial charge in [0.2, 0.25) is 0 Å². The molecule has 1 aromatic heterocycles. The number of esters is 1. The fraction of sp³-hybridized carbons (Fsp3) is 0.600. The van der Waals surface area contributed by atoms with Crippen LogP contribution in [0.25, 0.3) is 0 Å². The van der Waals surface area contributed by atoms with Crippen LogP contribution in [0, 0.1) is 5.92 Å². The minimum atomic E-state index is -0.567. The van der Waals surface area contributed by atoms with E-state index in [2.05, 4.69) is 0 Å². The highest BCUT2D eigenvalue weighted by Gasteiger charge is 2.43. The first kappa shape index (κ1) is 17.1. The normalized spacial score (nSPS) is 21.8. The summed E-state index contributed by atoms with van der Waals surface area (Å²) in [6.45, 7) is 6.16. The smallest absolute Gasteiger partial charge is 0.410 e. The average molecular weight is 346 g/mol. The fourth-order valence-electron chi connectivity index (χ4n) is 2.49. The molecule has 122 valence electrons. The van der Waals surface area contributed by atoms with E-state index in [1.54, 1.807) is 11.0 Å². The standard InChI is InChI=1S/C15H20ClNO4S/c1-15(2,3)21-14(19)17-7-9(10(8-17)13(18)20-4)11-5-6-12(16)22-11/h5-6,9-10H,7-8H2,1-4H3/t9-,10?/m1/s1. The molecular weight excluding hydrogens is 326 g/mol. The van der Waals surface area contributed by atoms with Gasteiger partial charge in [-0.3, -0.25) is 4.79 Å². The number of amides is 1. The molecule has 0 aromatic carbocycles. The molecule has 5 nitrogen and oxygen atoms in total. The molecule has 22 heavy (non-hydrogen) atoms. The lowest BCUT2D eigenvalue weighted by Gasteiger charge is -2.24. The molecule has 0 spiro atoms. The van der Waals surface area contributed by atoms with Crippen LogP contribution in [-0.2, 0) is 14.3 Å². The lowest BCUT2D eigenvalue weighted by atomic mass is 9.95. The van der Waals surface area contributed by atoms with E-state index in [0.717, 1.165) is 4.88 Å². The topological polar surface area (TPSA) is 55.8 Å². The summed E-state index contributed by atoms with van der Waals surface area (Å²) >= 11 is 7.41. The maximum atomic E-state index is 12.2. The number of thiophene rings is 1. The van der Waals surface area contributed by atoms with Crippen molar-refractivity contribution in [2.75, 3.05) is 20.2 Å². The van der Waals surface area contributed by atoms with Crippen molar-refractivity contribution in [3.05, 3.63) is 21.3 Å². The molecule has 0 N–H and O–H groups in total. The van der Waals surface area contributed by atoms with E-state index in [9.17, 15) is 9.59 Å². The van der Waals surface area contributed by atoms with Crippen LogP contribution in [0.5, 0.6) is 0 Å². The van der Waals surface area contributed by atoms with Gasteiger partial charge in [0.15, 0.2) is 0 Å². The molecule has 0 bridgehead atoms. The van der Waals surface area contributed by atoms with Crippen molar-refractivity contribution in [1.29, 1.82) is 0 Å². The average Bonchev–Trinajstić information content (AvgIpc) is 3.01. The Labute approximate surface area is 139 Å². The van der Waals surface area contributed by atoms with Gasteiger partial charge in [0.25, 0.3) is 0 Å². The van der Waals surface area contributed by atoms with Gasteiger partial charge >= 0.3 is 12.1 Å². The number of hydrogen-bond donors (Lipinski definition) is 0. The summed E-state index contributed by atoms with van der Waals surface area (Å²) in [4.78, 5) is 26.8. The zero-order valence-electron chi connectivity index (χ0n) is 13.1. The van der Waals surface area contributed by atoms with Crippen LogP contribution in [0.1, 0.15) is 31.6 Å². The van der Waals surface area contributed by atoms with E-state index in [-0.39, 0.29) is 11.9 Å². The maximum Gasteiger partial charge on any atom is 0.410 e. The van der Waals surface area contributed by atoms with Gasteiger partial charge in [0.05, 0.1) is 17.4 Å². The molecule has 1 fully saturated rings. The largest absolute Gasteiger partial charge is 0.469 e. The first-order valence-electron chi connectivity index (χ1n) is 7.02. The Morgan fingerprint density at radius 2 is 2.00 bits per heavy atom. The van der Waals surface area contributed by atoms with Crippen LogP contribution < -0.4 is 0 Å². The van der Waals surface area contributed by atoms with Crippen LogP contribution in [0.15, 0.2) is 12.1 Å². The van der Waals surface area contributed by atoms with Crippen molar-refractivity contribution in [3.8, 4) is 0 Å². The summed E-state index contributed by atoms with van der Waals surface area (Å²) in [5, 5.41) is 0. The van der Waals surface area contributed by atoms with E-state index in [1.165, 1.54) is 18.4 Å². The number of carbonyl (C=O) groups excluding carboxylic acids is 2. The third kappa shape index (κ3) is 3.93. The van der Waals surface area contributed by atoms with Crippen molar-refractivity contribution in [1.82, 2.24) is 4.90 Å². The van der Waals surface area contributed by atoms with Gasteiger partial charge in [-0.05, 0) is 32.9 Å². The van der Waals surface area contributed by atoms with Crippen molar-refractivity contribution in [3.63, 3.8) is 0 Å². The van der Waals surface area contributed by atoms with E-state index in [0.29, 0.717) is 17.4 Å². The quantitative estimate of drug-likeness (QED) is 0.769. The molecular formula is C15H20ClNO4S. The molecule has 0 aliphatic carbocycles. The van der Waals surface area contributed by atoms with E-state index in [1.807, 2.05) is 26.8 Å². The minimum Gasteiger partial charge on any atom is -0.469 e. The first-order chi connectivity index (χ1) is 10.2. The van der Waals surface area contributed by atoms with Gasteiger partial charge < -0.3 is 14.4 Å². The third-order valence-corrected chi connectivity index (χ3v) is 4.80. The fourth-order valence-corrected chi connectivity index (χ4v) is 3.70. The number of halogens is 1. The second kappa shape index (κ2) is 6.46. The van der Waals surface area contributed by atoms with E-state index in [4.69, 9.17) is 21.1 Å². The number of hydrogen-bond acceptors (Lipinski definition) is 5. The Morgan fingerprint density at radius 1 is 1.32 bits per heavy atom. The van der Waals surface area contributed by atoms with Gasteiger partial charge in [0.1, 0.15) is 5.60 Å². The molecule has 7 heteroatoms. The Kier molecular flexibility index (Phi) is 5.02. The molecule has 1 unspecified atom stereocenters. The highest BCUT2D eigenvalue weighted by Crippen LogP contribution is 2.38. The Bertz CT molecular complexity index is 566. The van der Waals surface area contributed by atoms with Crippen molar-refractivity contribution in [2.24, 2.45) is 5.92 Å². The van der Waals surface area contributed by atoms with E-state index < -0.39 is 17.6 Å². The van der Waals surface area contributed by atoms with Gasteiger partial charge in [-0.1, -0.05) is 11.6 Å². The first-order valence-corrected chi connectivity index (χ1v) is 8.21. The molecule has 1 aliphatic rings. The minimum absolute atomic E-state index is 0.113. The van der Waals surface area contributed by atoms with Crippen molar-refractivity contribution in [2.45, 2.75) is 32.3 Å². The monoisotopic (exact) mass is 345 g/mol. The van der Waals surface area contributed by atoms with Gasteiger partial charge in [0, 0.05) is 23.9 Å². The molecule has 1 amide bonds. The molecule has 1 saturated heterocycles. The molecule has 0 saturated carbocycles. The lowest BCUT2D eigenvalue weighted by Crippen LogP contribution is -2.36. The summed E-state index contributed by atoms with van der Waals surface area (Å²) < 4.78 is 10.9. The summed E-state index contributed by atoms with van der Waals surface area (Å²) in [5.41, 5.74) is -0.567. The Hall–Kier alpha value is -1.27. The van der Waals surface area contributed by atoms with Gasteiger partial charge in [-0.15, -0.1) is 11.3 Å². The second-order valence-electron chi connectivity index (χ2n) is 6.26. The summed E-state index contributed by atoms with van der Waals surface area (Å²) in [6, 6.07) is 3.69. The van der Waals surface area contributed by atoms with Crippen LogP contribution in [0.3, 0.4) is 0 Å². The van der Waals surface area contributed by atoms with Crippen molar-refractivity contribution >= 4 is 35.0 Å². The molecule has 2 atom stereocenters. The maximum absolute atomic E-state index is 12.2. The lowest BCUT2D eigenvalue weighted by molar-refractivity contribution is -0.145. The van der Waals surface area contributed by atoms with Crippen LogP contribution in [-0.4, -0.2) is 42.8 Å². The Balaban J connectivity index is 2.18. The number of methoxy groups -OCH3 is 1. The molecule has 1 aliphatic heterocycles. The number of rotatable bonds is 2. The summed E-state index contributed by atoms with van der Waals surface area (Å²) in [6.07, 6.45) is -0.411. The van der Waals surface area contributed by atoms with E-state index >= 15 is 0 Å². The molecule has 2 rings (SSSR count). The summed E-state index contributed by atoms with van der Waals surface area (Å²) in [7, 11) is 1.36. The molecule has 1 aromatic rings. The number of likely N-dealkylation sites (tertiary alicyclic amines) is 1. The number of nitrogens with zero attached hydrogens (tertiary/aromatic N) is 1. The number of carbonyl (C=O) groups is 2. The number of ether oxygens (including phenoxy) is 2. The predicted octanol–water partition coefficient (Wildman–Crippen LogP) is 3.53. The molecule has 2 heterocycles.